The molecule has 3 N–H and O–H groups in total. The Hall–Kier alpha value is -2.30. The maximum atomic E-state index is 12.2. The minimum atomic E-state index is -1.03. The van der Waals surface area contributed by atoms with Crippen LogP contribution in [0.1, 0.15) is 31.1 Å². The molecule has 0 aliphatic heterocycles. The topological polar surface area (TPSA) is 82.2 Å². The van der Waals surface area contributed by atoms with E-state index in [-0.39, 0.29) is 5.91 Å². The third-order valence-electron chi connectivity index (χ3n) is 3.20. The number of fused-ring (bicyclic) bond motifs is 1. The first kappa shape index (κ1) is 14.1. The molecule has 5 heteroatoms. The molecule has 0 spiro atoms. The summed E-state index contributed by atoms with van der Waals surface area (Å²) in [4.78, 5) is 26.5. The number of H-pyrrole nitrogens is 1. The molecule has 0 saturated carbocycles. The van der Waals surface area contributed by atoms with Crippen molar-refractivity contribution in [2.45, 2.75) is 26.8 Å². The van der Waals surface area contributed by atoms with E-state index >= 15 is 0 Å². The summed E-state index contributed by atoms with van der Waals surface area (Å²) in [5.41, 5.74) is 0.833. The monoisotopic (exact) mass is 274 g/mol. The van der Waals surface area contributed by atoms with Crippen molar-refractivity contribution in [1.82, 2.24) is 10.3 Å². The first-order chi connectivity index (χ1) is 9.29. The molecule has 0 saturated heterocycles. The van der Waals surface area contributed by atoms with E-state index in [1.165, 1.54) is 0 Å². The Balaban J connectivity index is 2.24. The van der Waals surface area contributed by atoms with E-state index in [1.54, 1.807) is 45.2 Å². The highest BCUT2D eigenvalue weighted by molar-refractivity contribution is 5.99. The summed E-state index contributed by atoms with van der Waals surface area (Å²) in [6.45, 7) is 5.34. The lowest BCUT2D eigenvalue weighted by Gasteiger charge is -2.27. The van der Waals surface area contributed by atoms with Crippen LogP contribution < -0.4 is 5.32 Å². The first-order valence-electron chi connectivity index (χ1n) is 6.40. The second-order valence-electron chi connectivity index (χ2n) is 5.89. The number of aromatic nitrogens is 1. The number of nitrogens with one attached hydrogen (secondary N) is 2. The predicted molar refractivity (Wildman–Crippen MR) is 76.6 cm³/mol. The van der Waals surface area contributed by atoms with Crippen molar-refractivity contribution < 1.29 is 14.7 Å². The SMILES string of the molecule is CC(C)(C)[C@@H](NC(=O)c1ccc2[nH]ccc2c1)C(=O)O. The number of carbonyl (C=O) groups is 2. The van der Waals surface area contributed by atoms with Gasteiger partial charge in [-0.1, -0.05) is 20.8 Å². The van der Waals surface area contributed by atoms with Gasteiger partial charge < -0.3 is 15.4 Å². The van der Waals surface area contributed by atoms with E-state index in [0.717, 1.165) is 10.9 Å². The number of aromatic amines is 1. The van der Waals surface area contributed by atoms with Crippen LogP contribution in [0.25, 0.3) is 10.9 Å². The van der Waals surface area contributed by atoms with Crippen molar-refractivity contribution >= 4 is 22.8 Å². The van der Waals surface area contributed by atoms with Crippen LogP contribution in [-0.4, -0.2) is 28.0 Å². The Labute approximate surface area is 117 Å². The minimum Gasteiger partial charge on any atom is -0.480 e. The van der Waals surface area contributed by atoms with Crippen LogP contribution in [0.4, 0.5) is 0 Å². The predicted octanol–water partition coefficient (Wildman–Crippen LogP) is 2.40. The van der Waals surface area contributed by atoms with Gasteiger partial charge in [-0.25, -0.2) is 4.79 Å². The van der Waals surface area contributed by atoms with Gasteiger partial charge in [-0.05, 0) is 29.7 Å². The standard InChI is InChI=1S/C15H18N2O3/c1-15(2,3)12(14(19)20)17-13(18)10-4-5-11-9(8-10)6-7-16-11/h4-8,12,16H,1-3H3,(H,17,18)(H,19,20)/t12-/m0/s1. The number of carboxylic acids is 1. The lowest BCUT2D eigenvalue weighted by atomic mass is 9.86. The van der Waals surface area contributed by atoms with Crippen molar-refractivity contribution in [3.05, 3.63) is 36.0 Å². The first-order valence-corrected chi connectivity index (χ1v) is 6.40. The van der Waals surface area contributed by atoms with Gasteiger partial charge in [-0.15, -0.1) is 0 Å². The van der Waals surface area contributed by atoms with Gasteiger partial charge in [0.1, 0.15) is 6.04 Å². The Morgan fingerprint density at radius 1 is 1.25 bits per heavy atom. The third kappa shape index (κ3) is 2.82. The highest BCUT2D eigenvalue weighted by atomic mass is 16.4. The van der Waals surface area contributed by atoms with Gasteiger partial charge in [0.05, 0.1) is 0 Å². The van der Waals surface area contributed by atoms with Crippen LogP contribution in [-0.2, 0) is 4.79 Å². The Morgan fingerprint density at radius 2 is 1.95 bits per heavy atom. The molecule has 2 rings (SSSR count). The average Bonchev–Trinajstić information content (AvgIpc) is 2.80. The zero-order valence-corrected chi connectivity index (χ0v) is 11.7. The number of carboxylic acid groups (broad SMARTS) is 1. The Morgan fingerprint density at radius 3 is 2.55 bits per heavy atom. The summed E-state index contributed by atoms with van der Waals surface area (Å²) in [5, 5.41) is 12.7. The van der Waals surface area contributed by atoms with Crippen LogP contribution in [0.15, 0.2) is 30.5 Å². The Kier molecular flexibility index (Phi) is 3.53. The molecule has 0 aliphatic carbocycles. The fourth-order valence-electron chi connectivity index (χ4n) is 2.06. The molecule has 106 valence electrons. The normalized spacial score (nSPS) is 13.2. The van der Waals surface area contributed by atoms with Gasteiger partial charge in [0, 0.05) is 22.7 Å². The zero-order valence-electron chi connectivity index (χ0n) is 11.7. The molecule has 0 fully saturated rings. The second kappa shape index (κ2) is 5.00. The molecule has 1 atom stereocenters. The largest absolute Gasteiger partial charge is 0.480 e. The Bertz CT molecular complexity index is 652. The molecule has 2 aromatic rings. The number of amides is 1. The van der Waals surface area contributed by atoms with Crippen LogP contribution in [0.3, 0.4) is 0 Å². The number of rotatable bonds is 3. The molecule has 5 nitrogen and oxygen atoms in total. The van der Waals surface area contributed by atoms with Crippen molar-refractivity contribution in [1.29, 1.82) is 0 Å². The van der Waals surface area contributed by atoms with Gasteiger partial charge in [-0.2, -0.15) is 0 Å². The number of benzene rings is 1. The minimum absolute atomic E-state index is 0.379. The molecule has 1 amide bonds. The van der Waals surface area contributed by atoms with Gasteiger partial charge in [-0.3, -0.25) is 4.79 Å². The van der Waals surface area contributed by atoms with Crippen LogP contribution in [0.2, 0.25) is 0 Å². The molecule has 0 bridgehead atoms. The van der Waals surface area contributed by atoms with Crippen molar-refractivity contribution in [3.8, 4) is 0 Å². The summed E-state index contributed by atoms with van der Waals surface area (Å²) in [7, 11) is 0. The van der Waals surface area contributed by atoms with Crippen LogP contribution >= 0.6 is 0 Å². The number of hydrogen-bond acceptors (Lipinski definition) is 2. The fourth-order valence-corrected chi connectivity index (χ4v) is 2.06. The van der Waals surface area contributed by atoms with Gasteiger partial charge in [0.15, 0.2) is 0 Å². The van der Waals surface area contributed by atoms with Crippen molar-refractivity contribution in [3.63, 3.8) is 0 Å². The summed E-state index contributed by atoms with van der Waals surface area (Å²) in [6.07, 6.45) is 1.79. The number of aliphatic carboxylic acids is 1. The van der Waals surface area contributed by atoms with E-state index in [1.807, 2.05) is 6.07 Å². The van der Waals surface area contributed by atoms with E-state index < -0.39 is 17.4 Å². The highest BCUT2D eigenvalue weighted by Gasteiger charge is 2.32. The smallest absolute Gasteiger partial charge is 0.326 e. The summed E-state index contributed by atoms with van der Waals surface area (Å²) in [5.74, 6) is -1.41. The molecule has 1 aromatic heterocycles. The maximum Gasteiger partial charge on any atom is 0.326 e. The summed E-state index contributed by atoms with van der Waals surface area (Å²) < 4.78 is 0. The van der Waals surface area contributed by atoms with E-state index in [9.17, 15) is 14.7 Å². The van der Waals surface area contributed by atoms with E-state index in [0.29, 0.717) is 5.56 Å². The van der Waals surface area contributed by atoms with Gasteiger partial charge >= 0.3 is 5.97 Å². The molecule has 0 radical (unpaired) electrons. The van der Waals surface area contributed by atoms with Gasteiger partial charge in [0.25, 0.3) is 5.91 Å². The molecule has 0 unspecified atom stereocenters. The molecule has 0 aliphatic rings. The second-order valence-corrected chi connectivity index (χ2v) is 5.89. The fraction of sp³-hybridized carbons (Fsp3) is 0.333. The van der Waals surface area contributed by atoms with Crippen LogP contribution in [0, 0.1) is 5.41 Å². The summed E-state index contributed by atoms with van der Waals surface area (Å²) in [6, 6.07) is 6.15. The van der Waals surface area contributed by atoms with Crippen molar-refractivity contribution in [2.24, 2.45) is 5.41 Å². The number of carbonyl (C=O) groups excluding carboxylic acids is 1. The zero-order chi connectivity index (χ0) is 14.9. The molecule has 1 aromatic carbocycles. The third-order valence-corrected chi connectivity index (χ3v) is 3.20. The highest BCUT2D eigenvalue weighted by Crippen LogP contribution is 2.20. The maximum absolute atomic E-state index is 12.2. The van der Waals surface area contributed by atoms with Crippen molar-refractivity contribution in [2.75, 3.05) is 0 Å². The average molecular weight is 274 g/mol. The quantitative estimate of drug-likeness (QED) is 0.803. The van der Waals surface area contributed by atoms with E-state index in [4.69, 9.17) is 0 Å². The van der Waals surface area contributed by atoms with E-state index in [2.05, 4.69) is 10.3 Å². The van der Waals surface area contributed by atoms with Gasteiger partial charge in [0.2, 0.25) is 0 Å². The van der Waals surface area contributed by atoms with Crippen LogP contribution in [0.5, 0.6) is 0 Å². The summed E-state index contributed by atoms with van der Waals surface area (Å²) >= 11 is 0. The molecular formula is C15H18N2O3. The lowest BCUT2D eigenvalue weighted by molar-refractivity contribution is -0.142. The molecule has 20 heavy (non-hydrogen) atoms. The molecular weight excluding hydrogens is 256 g/mol. The lowest BCUT2D eigenvalue weighted by Crippen LogP contribution is -2.49. The number of hydrogen-bond donors (Lipinski definition) is 3. The molecule has 1 heterocycles.